The number of ether oxygens (including phenoxy) is 1. The van der Waals surface area contributed by atoms with Crippen molar-refractivity contribution in [3.8, 4) is 0 Å². The number of hydrogen-bond donors (Lipinski definition) is 0. The molecule has 0 unspecified atom stereocenters. The van der Waals surface area contributed by atoms with Crippen molar-refractivity contribution in [1.82, 2.24) is 0 Å². The molecule has 0 aromatic carbocycles. The van der Waals surface area contributed by atoms with Crippen molar-refractivity contribution < 1.29 is 4.74 Å². The maximum absolute atomic E-state index is 6.20. The molecule has 0 aromatic rings. The van der Waals surface area contributed by atoms with Crippen molar-refractivity contribution in [1.29, 1.82) is 0 Å². The smallest absolute Gasteiger partial charge is 0.189 e. The summed E-state index contributed by atoms with van der Waals surface area (Å²) in [6, 6.07) is 0. The van der Waals surface area contributed by atoms with Crippen LogP contribution in [0.3, 0.4) is 0 Å². The van der Waals surface area contributed by atoms with Crippen LogP contribution in [0.15, 0.2) is 0 Å². The van der Waals surface area contributed by atoms with Gasteiger partial charge in [-0.2, -0.15) is 4.74 Å². The molecule has 0 radical (unpaired) electrons. The van der Waals surface area contributed by atoms with Crippen molar-refractivity contribution in [2.45, 2.75) is 52.6 Å². The Morgan fingerprint density at radius 3 is 2.50 bits per heavy atom. The molecule has 1 heteroatoms. The summed E-state index contributed by atoms with van der Waals surface area (Å²) in [7, 11) is 0. The SMILES string of the molecule is CC(C)(C)[C+]1O[C@@H]2CC[C@@H]3CC[C@H]1[C@@H]32. The van der Waals surface area contributed by atoms with Gasteiger partial charge in [0.2, 0.25) is 6.10 Å². The summed E-state index contributed by atoms with van der Waals surface area (Å²) in [4.78, 5) is 0. The van der Waals surface area contributed by atoms with Gasteiger partial charge in [-0.05, 0) is 52.4 Å². The molecule has 0 bridgehead atoms. The lowest BCUT2D eigenvalue weighted by Crippen LogP contribution is -2.23. The maximum Gasteiger partial charge on any atom is 0.250 e. The Morgan fingerprint density at radius 1 is 1.07 bits per heavy atom. The first kappa shape index (κ1) is 9.08. The van der Waals surface area contributed by atoms with Gasteiger partial charge in [0.1, 0.15) is 17.4 Å². The van der Waals surface area contributed by atoms with Crippen molar-refractivity contribution in [2.24, 2.45) is 23.2 Å². The second kappa shape index (κ2) is 2.69. The van der Waals surface area contributed by atoms with Gasteiger partial charge in [-0.3, -0.25) is 0 Å². The fourth-order valence-electron chi connectivity index (χ4n) is 4.00. The molecule has 3 rings (SSSR count). The lowest BCUT2D eigenvalue weighted by molar-refractivity contribution is 0.0495. The van der Waals surface area contributed by atoms with Crippen molar-refractivity contribution in [3.63, 3.8) is 0 Å². The quantitative estimate of drug-likeness (QED) is 0.536. The summed E-state index contributed by atoms with van der Waals surface area (Å²) in [5.41, 5.74) is 0.268. The Kier molecular flexibility index (Phi) is 1.75. The van der Waals surface area contributed by atoms with Crippen LogP contribution in [0.1, 0.15) is 46.5 Å². The summed E-state index contributed by atoms with van der Waals surface area (Å²) in [5, 5.41) is 0. The normalized spacial score (nSPS) is 46.1. The first-order chi connectivity index (χ1) is 6.57. The van der Waals surface area contributed by atoms with E-state index >= 15 is 0 Å². The van der Waals surface area contributed by atoms with Gasteiger partial charge in [0, 0.05) is 5.92 Å². The Hall–Kier alpha value is -0.170. The zero-order valence-electron chi connectivity index (χ0n) is 9.55. The third-order valence-corrected chi connectivity index (χ3v) is 4.46. The predicted octanol–water partition coefficient (Wildman–Crippen LogP) is 3.40. The minimum absolute atomic E-state index is 0.268. The predicted molar refractivity (Wildman–Crippen MR) is 56.5 cm³/mol. The average Bonchev–Trinajstić information content (AvgIpc) is 2.70. The van der Waals surface area contributed by atoms with E-state index in [0.29, 0.717) is 6.10 Å². The molecule has 14 heavy (non-hydrogen) atoms. The number of hydrogen-bond acceptors (Lipinski definition) is 1. The Labute approximate surface area is 87.2 Å². The van der Waals surface area contributed by atoms with E-state index in [0.717, 1.165) is 17.8 Å². The first-order valence-electron chi connectivity index (χ1n) is 6.11. The van der Waals surface area contributed by atoms with Crippen LogP contribution in [0.2, 0.25) is 0 Å². The molecule has 2 aliphatic carbocycles. The molecule has 1 saturated heterocycles. The van der Waals surface area contributed by atoms with Crippen LogP contribution in [-0.2, 0) is 4.74 Å². The molecule has 0 amide bonds. The van der Waals surface area contributed by atoms with Crippen LogP contribution in [0, 0.1) is 29.3 Å². The summed E-state index contributed by atoms with van der Waals surface area (Å²) >= 11 is 0. The largest absolute Gasteiger partial charge is 0.250 e. The highest BCUT2D eigenvalue weighted by Crippen LogP contribution is 2.60. The highest BCUT2D eigenvalue weighted by Gasteiger charge is 2.65. The van der Waals surface area contributed by atoms with E-state index in [-0.39, 0.29) is 5.41 Å². The Bertz CT molecular complexity index is 240. The highest BCUT2D eigenvalue weighted by molar-refractivity contribution is 5.13. The van der Waals surface area contributed by atoms with E-state index in [2.05, 4.69) is 20.8 Å². The van der Waals surface area contributed by atoms with Crippen LogP contribution in [0.4, 0.5) is 0 Å². The van der Waals surface area contributed by atoms with Crippen LogP contribution < -0.4 is 0 Å². The maximum atomic E-state index is 6.20. The minimum atomic E-state index is 0.268. The lowest BCUT2D eigenvalue weighted by atomic mass is 9.78. The summed E-state index contributed by atoms with van der Waals surface area (Å²) in [6.07, 6.45) is 7.65. The molecule has 1 heterocycles. The number of rotatable bonds is 0. The molecule has 0 N–H and O–H groups in total. The van der Waals surface area contributed by atoms with Gasteiger partial charge < -0.3 is 0 Å². The molecule has 78 valence electrons. The van der Waals surface area contributed by atoms with Crippen LogP contribution >= 0.6 is 0 Å². The fraction of sp³-hybridized carbons (Fsp3) is 0.923. The highest BCUT2D eigenvalue weighted by atomic mass is 16.5. The van der Waals surface area contributed by atoms with Gasteiger partial charge in [-0.15, -0.1) is 0 Å². The molecular formula is C13H21O+. The van der Waals surface area contributed by atoms with Gasteiger partial charge in [0.25, 0.3) is 0 Å². The molecule has 2 saturated carbocycles. The molecule has 0 aromatic heterocycles. The molecule has 1 nitrogen and oxygen atoms in total. The van der Waals surface area contributed by atoms with E-state index in [4.69, 9.17) is 4.74 Å². The van der Waals surface area contributed by atoms with Crippen LogP contribution in [-0.4, -0.2) is 6.10 Å². The van der Waals surface area contributed by atoms with Crippen molar-refractivity contribution in [2.75, 3.05) is 0 Å². The van der Waals surface area contributed by atoms with Gasteiger partial charge in [-0.25, -0.2) is 0 Å². The Balaban J connectivity index is 1.87. The van der Waals surface area contributed by atoms with E-state index in [9.17, 15) is 0 Å². The van der Waals surface area contributed by atoms with Gasteiger partial charge in [-0.1, -0.05) is 0 Å². The molecule has 3 aliphatic rings. The van der Waals surface area contributed by atoms with Crippen molar-refractivity contribution in [3.05, 3.63) is 6.10 Å². The first-order valence-corrected chi connectivity index (χ1v) is 6.11. The average molecular weight is 193 g/mol. The lowest BCUT2D eigenvalue weighted by Gasteiger charge is -2.17. The van der Waals surface area contributed by atoms with Crippen LogP contribution in [0.5, 0.6) is 0 Å². The second-order valence-corrected chi connectivity index (χ2v) is 6.37. The summed E-state index contributed by atoms with van der Waals surface area (Å²) in [6.45, 7) is 6.91. The topological polar surface area (TPSA) is 9.23 Å². The third kappa shape index (κ3) is 1.08. The molecule has 3 fully saturated rings. The van der Waals surface area contributed by atoms with E-state index in [1.54, 1.807) is 0 Å². The molecule has 4 atom stereocenters. The van der Waals surface area contributed by atoms with E-state index in [1.807, 2.05) is 0 Å². The molecule has 1 aliphatic heterocycles. The fourth-order valence-corrected chi connectivity index (χ4v) is 4.00. The summed E-state index contributed by atoms with van der Waals surface area (Å²) < 4.78 is 6.20. The van der Waals surface area contributed by atoms with Gasteiger partial charge >= 0.3 is 0 Å². The van der Waals surface area contributed by atoms with E-state index in [1.165, 1.54) is 31.8 Å². The van der Waals surface area contributed by atoms with Crippen molar-refractivity contribution >= 4 is 0 Å². The van der Waals surface area contributed by atoms with Gasteiger partial charge in [0.15, 0.2) is 0 Å². The molecule has 0 spiro atoms. The third-order valence-electron chi connectivity index (χ3n) is 4.46. The Morgan fingerprint density at radius 2 is 1.79 bits per heavy atom. The summed E-state index contributed by atoms with van der Waals surface area (Å²) in [5.74, 6) is 2.72. The van der Waals surface area contributed by atoms with E-state index < -0.39 is 0 Å². The zero-order chi connectivity index (χ0) is 9.92. The monoisotopic (exact) mass is 193 g/mol. The van der Waals surface area contributed by atoms with Crippen LogP contribution in [0.25, 0.3) is 0 Å². The standard InChI is InChI=1S/C13H21O/c1-13(2,3)12-9-6-4-8-5-7-10(14-12)11(8)9/h8-11H,4-7H2,1-3H3/q+1/t8-,9-,10+,11+/m0/s1. The minimum Gasteiger partial charge on any atom is -0.189 e. The van der Waals surface area contributed by atoms with Gasteiger partial charge in [0.05, 0.1) is 0 Å². The molecular weight excluding hydrogens is 172 g/mol. The second-order valence-electron chi connectivity index (χ2n) is 6.37. The zero-order valence-corrected chi connectivity index (χ0v) is 9.55.